The van der Waals surface area contributed by atoms with Gasteiger partial charge in [-0.25, -0.2) is 14.5 Å². The predicted molar refractivity (Wildman–Crippen MR) is 118 cm³/mol. The van der Waals surface area contributed by atoms with Crippen molar-refractivity contribution in [1.29, 1.82) is 0 Å². The molecule has 2 N–H and O–H groups in total. The number of aromatic nitrogens is 3. The lowest BCUT2D eigenvalue weighted by Gasteiger charge is -2.33. The maximum absolute atomic E-state index is 12.9. The van der Waals surface area contributed by atoms with Crippen LogP contribution in [0.15, 0.2) is 61.2 Å². The monoisotopic (exact) mass is 418 g/mol. The minimum Gasteiger partial charge on any atom is -0.338 e. The first-order valence-electron chi connectivity index (χ1n) is 10.4. The van der Waals surface area contributed by atoms with Crippen LogP contribution in [0.4, 0.5) is 10.5 Å². The van der Waals surface area contributed by atoms with Crippen LogP contribution in [0.1, 0.15) is 28.8 Å². The van der Waals surface area contributed by atoms with Crippen molar-refractivity contribution in [2.75, 3.05) is 25.0 Å². The number of amides is 3. The van der Waals surface area contributed by atoms with Crippen molar-refractivity contribution in [3.05, 3.63) is 72.3 Å². The number of nitrogens with zero attached hydrogens (tertiary/aromatic N) is 4. The molecule has 8 nitrogen and oxygen atoms in total. The average Bonchev–Trinajstić information content (AvgIpc) is 3.34. The second-order valence-corrected chi connectivity index (χ2v) is 7.85. The lowest BCUT2D eigenvalue weighted by molar-refractivity contribution is 0.0675. The minimum atomic E-state index is -0.226. The number of nitrogens with one attached hydrogen (secondary N) is 2. The molecule has 0 radical (unpaired) electrons. The molecular weight excluding hydrogens is 392 g/mol. The molecule has 4 rings (SSSR count). The van der Waals surface area contributed by atoms with Crippen molar-refractivity contribution in [2.24, 2.45) is 5.92 Å². The molecule has 1 aliphatic rings. The Morgan fingerprint density at radius 1 is 1.10 bits per heavy atom. The van der Waals surface area contributed by atoms with E-state index in [0.29, 0.717) is 18.7 Å². The van der Waals surface area contributed by atoms with Crippen LogP contribution >= 0.6 is 0 Å². The summed E-state index contributed by atoms with van der Waals surface area (Å²) in [6, 6.07) is 14.8. The van der Waals surface area contributed by atoms with E-state index in [9.17, 15) is 9.59 Å². The first-order chi connectivity index (χ1) is 15.1. The van der Waals surface area contributed by atoms with Gasteiger partial charge in [0.1, 0.15) is 12.7 Å². The lowest BCUT2D eigenvalue weighted by atomic mass is 9.97. The fraction of sp³-hybridized carbons (Fsp3) is 0.304. The van der Waals surface area contributed by atoms with Gasteiger partial charge in [0.25, 0.3) is 5.91 Å². The van der Waals surface area contributed by atoms with Gasteiger partial charge in [0, 0.05) is 30.9 Å². The van der Waals surface area contributed by atoms with Gasteiger partial charge in [-0.15, -0.1) is 0 Å². The Kier molecular flexibility index (Phi) is 6.26. The molecule has 0 bridgehead atoms. The van der Waals surface area contributed by atoms with E-state index in [-0.39, 0.29) is 17.9 Å². The van der Waals surface area contributed by atoms with Gasteiger partial charge in [-0.1, -0.05) is 17.7 Å². The summed E-state index contributed by atoms with van der Waals surface area (Å²) in [5.41, 5.74) is 3.41. The molecular formula is C23H26N6O2. The van der Waals surface area contributed by atoms with E-state index < -0.39 is 0 Å². The highest BCUT2D eigenvalue weighted by Gasteiger charge is 2.25. The third-order valence-corrected chi connectivity index (χ3v) is 5.46. The number of hydrogen-bond donors (Lipinski definition) is 2. The van der Waals surface area contributed by atoms with Crippen LogP contribution < -0.4 is 10.6 Å². The van der Waals surface area contributed by atoms with Gasteiger partial charge in [-0.05, 0) is 62.1 Å². The summed E-state index contributed by atoms with van der Waals surface area (Å²) in [6.07, 6.45) is 5.00. The van der Waals surface area contributed by atoms with E-state index in [1.165, 1.54) is 6.33 Å². The number of anilines is 1. The summed E-state index contributed by atoms with van der Waals surface area (Å²) in [4.78, 5) is 30.9. The molecule has 1 aromatic heterocycles. The van der Waals surface area contributed by atoms with Gasteiger partial charge in [0.05, 0.1) is 5.69 Å². The third kappa shape index (κ3) is 5.28. The number of carbonyl (C=O) groups is 2. The Labute approximate surface area is 181 Å². The lowest BCUT2D eigenvalue weighted by Crippen LogP contribution is -2.44. The molecule has 1 unspecified atom stereocenters. The number of piperidine rings is 1. The molecule has 0 saturated carbocycles. The molecule has 1 aliphatic heterocycles. The molecule has 0 aliphatic carbocycles. The van der Waals surface area contributed by atoms with Gasteiger partial charge in [-0.2, -0.15) is 5.10 Å². The zero-order valence-electron chi connectivity index (χ0n) is 17.5. The highest BCUT2D eigenvalue weighted by atomic mass is 16.2. The number of aryl methyl sites for hydroxylation is 1. The normalized spacial score (nSPS) is 16.0. The minimum absolute atomic E-state index is 0.0129. The van der Waals surface area contributed by atoms with Crippen LogP contribution in [0.3, 0.4) is 0 Å². The highest BCUT2D eigenvalue weighted by molar-refractivity contribution is 5.94. The molecule has 1 fully saturated rings. The highest BCUT2D eigenvalue weighted by Crippen LogP contribution is 2.19. The van der Waals surface area contributed by atoms with Crippen LogP contribution in [0.5, 0.6) is 0 Å². The Morgan fingerprint density at radius 2 is 1.87 bits per heavy atom. The summed E-state index contributed by atoms with van der Waals surface area (Å²) < 4.78 is 1.65. The van der Waals surface area contributed by atoms with Gasteiger partial charge >= 0.3 is 6.03 Å². The number of hydrogen-bond acceptors (Lipinski definition) is 4. The zero-order valence-corrected chi connectivity index (χ0v) is 17.5. The van der Waals surface area contributed by atoms with Gasteiger partial charge < -0.3 is 15.5 Å². The summed E-state index contributed by atoms with van der Waals surface area (Å²) in [6.45, 7) is 3.90. The topological polar surface area (TPSA) is 92.2 Å². The Balaban J connectivity index is 1.29. The molecule has 3 amide bonds. The molecule has 3 aromatic rings. The van der Waals surface area contributed by atoms with Crippen LogP contribution in [0.25, 0.3) is 5.69 Å². The van der Waals surface area contributed by atoms with Crippen molar-refractivity contribution < 1.29 is 9.59 Å². The van der Waals surface area contributed by atoms with Crippen molar-refractivity contribution >= 4 is 17.6 Å². The van der Waals surface area contributed by atoms with E-state index in [4.69, 9.17) is 0 Å². The molecule has 1 atom stereocenters. The molecule has 2 aromatic carbocycles. The summed E-state index contributed by atoms with van der Waals surface area (Å²) in [5.74, 6) is 0.245. The van der Waals surface area contributed by atoms with Crippen LogP contribution in [0, 0.1) is 12.8 Å². The Hall–Kier alpha value is -3.68. The molecule has 31 heavy (non-hydrogen) atoms. The fourth-order valence-corrected chi connectivity index (χ4v) is 3.75. The summed E-state index contributed by atoms with van der Waals surface area (Å²) in [5, 5.41) is 9.87. The molecule has 1 saturated heterocycles. The third-order valence-electron chi connectivity index (χ3n) is 5.46. The summed E-state index contributed by atoms with van der Waals surface area (Å²) >= 11 is 0. The molecule has 2 heterocycles. The number of carbonyl (C=O) groups excluding carboxylic acids is 2. The smallest absolute Gasteiger partial charge is 0.319 e. The second-order valence-electron chi connectivity index (χ2n) is 7.85. The van der Waals surface area contributed by atoms with Gasteiger partial charge in [-0.3, -0.25) is 4.79 Å². The Bertz CT molecular complexity index is 1020. The number of urea groups is 1. The Morgan fingerprint density at radius 3 is 2.58 bits per heavy atom. The molecule has 0 spiro atoms. The molecule has 8 heteroatoms. The largest absolute Gasteiger partial charge is 0.338 e. The van der Waals surface area contributed by atoms with Crippen LogP contribution in [-0.4, -0.2) is 51.2 Å². The number of rotatable bonds is 5. The van der Waals surface area contributed by atoms with Crippen LogP contribution in [-0.2, 0) is 0 Å². The van der Waals surface area contributed by atoms with Crippen molar-refractivity contribution in [3.8, 4) is 5.69 Å². The van der Waals surface area contributed by atoms with Crippen molar-refractivity contribution in [2.45, 2.75) is 19.8 Å². The predicted octanol–water partition coefficient (Wildman–Crippen LogP) is 3.25. The first-order valence-corrected chi connectivity index (χ1v) is 10.4. The van der Waals surface area contributed by atoms with E-state index in [2.05, 4.69) is 20.7 Å². The number of likely N-dealkylation sites (tertiary alicyclic amines) is 1. The number of benzene rings is 2. The van der Waals surface area contributed by atoms with E-state index in [0.717, 1.165) is 36.3 Å². The van der Waals surface area contributed by atoms with E-state index >= 15 is 0 Å². The first kappa shape index (κ1) is 20.6. The summed E-state index contributed by atoms with van der Waals surface area (Å²) in [7, 11) is 0. The van der Waals surface area contributed by atoms with Gasteiger partial charge in [0.2, 0.25) is 0 Å². The van der Waals surface area contributed by atoms with Crippen molar-refractivity contribution in [1.82, 2.24) is 25.0 Å². The fourth-order valence-electron chi connectivity index (χ4n) is 3.75. The zero-order chi connectivity index (χ0) is 21.6. The van der Waals surface area contributed by atoms with Crippen molar-refractivity contribution in [3.63, 3.8) is 0 Å². The average molecular weight is 419 g/mol. The van der Waals surface area contributed by atoms with E-state index in [1.54, 1.807) is 11.0 Å². The maximum Gasteiger partial charge on any atom is 0.319 e. The maximum atomic E-state index is 12.9. The van der Waals surface area contributed by atoms with Gasteiger partial charge in [0.15, 0.2) is 0 Å². The quantitative estimate of drug-likeness (QED) is 0.665. The second kappa shape index (κ2) is 9.42. The van der Waals surface area contributed by atoms with Crippen LogP contribution in [0.2, 0.25) is 0 Å². The standard InChI is InChI=1S/C23H26N6O2/c1-17-4-8-20(9-5-17)27-23(31)25-13-18-3-2-12-28(14-18)22(30)19-6-10-21(11-7-19)29-16-24-15-26-29/h4-11,15-16,18H,2-3,12-14H2,1H3,(H2,25,27,31). The van der Waals surface area contributed by atoms with E-state index in [1.807, 2.05) is 60.4 Å². The SMILES string of the molecule is Cc1ccc(NC(=O)NCC2CCCN(C(=O)c3ccc(-n4cncn4)cc3)C2)cc1. The molecule has 160 valence electrons.